The fourth-order valence-corrected chi connectivity index (χ4v) is 3.72. The van der Waals surface area contributed by atoms with Crippen molar-refractivity contribution in [3.63, 3.8) is 0 Å². The molecule has 0 bridgehead atoms. The molecule has 4 heterocycles. The number of nitrogens with zero attached hydrogens (tertiary/aromatic N) is 3. The zero-order chi connectivity index (χ0) is 17.4. The molecule has 1 N–H and O–H groups in total. The number of likely N-dealkylation sites (tertiary alicyclic amines) is 1. The zero-order valence-electron chi connectivity index (χ0n) is 13.7. The molecule has 25 heavy (non-hydrogen) atoms. The molecule has 1 atom stereocenters. The minimum Gasteiger partial charge on any atom is -0.478 e. The van der Waals surface area contributed by atoms with Crippen molar-refractivity contribution in [3.8, 4) is 0 Å². The molecule has 0 radical (unpaired) electrons. The summed E-state index contributed by atoms with van der Waals surface area (Å²) >= 11 is 0. The van der Waals surface area contributed by atoms with Gasteiger partial charge in [-0.05, 0) is 31.0 Å². The highest BCUT2D eigenvalue weighted by Gasteiger charge is 2.34. The molecule has 7 nitrogen and oxygen atoms in total. The summed E-state index contributed by atoms with van der Waals surface area (Å²) in [5.41, 5.74) is 2.02. The Labute approximate surface area is 144 Å². The van der Waals surface area contributed by atoms with Crippen molar-refractivity contribution >= 4 is 11.9 Å². The van der Waals surface area contributed by atoms with Crippen molar-refractivity contribution in [3.05, 3.63) is 53.1 Å². The second-order valence-electron chi connectivity index (χ2n) is 6.31. The van der Waals surface area contributed by atoms with Crippen molar-refractivity contribution < 1.29 is 19.4 Å². The van der Waals surface area contributed by atoms with Gasteiger partial charge < -0.3 is 19.3 Å². The lowest BCUT2D eigenvalue weighted by atomic mass is 10.1. The molecule has 1 amide bonds. The molecular formula is C18H19N3O4. The summed E-state index contributed by atoms with van der Waals surface area (Å²) in [5.74, 6) is -1.17. The van der Waals surface area contributed by atoms with E-state index in [1.54, 1.807) is 10.8 Å². The average molecular weight is 341 g/mol. The van der Waals surface area contributed by atoms with Gasteiger partial charge in [0.05, 0.1) is 36.2 Å². The number of fused-ring (bicyclic) bond motifs is 1. The van der Waals surface area contributed by atoms with Crippen LogP contribution in [0.5, 0.6) is 0 Å². The van der Waals surface area contributed by atoms with Gasteiger partial charge in [0.1, 0.15) is 5.69 Å². The van der Waals surface area contributed by atoms with Crippen LogP contribution in [0.1, 0.15) is 51.1 Å². The van der Waals surface area contributed by atoms with Gasteiger partial charge in [0.25, 0.3) is 5.91 Å². The van der Waals surface area contributed by atoms with E-state index in [1.165, 1.54) is 6.07 Å². The van der Waals surface area contributed by atoms with E-state index in [0.29, 0.717) is 31.1 Å². The third kappa shape index (κ3) is 2.70. The largest absolute Gasteiger partial charge is 0.478 e. The summed E-state index contributed by atoms with van der Waals surface area (Å²) in [6, 6.07) is 7.13. The molecule has 2 aliphatic heterocycles. The van der Waals surface area contributed by atoms with Gasteiger partial charge in [-0.15, -0.1) is 0 Å². The zero-order valence-corrected chi connectivity index (χ0v) is 13.7. The van der Waals surface area contributed by atoms with E-state index in [1.807, 2.05) is 23.1 Å². The van der Waals surface area contributed by atoms with Crippen LogP contribution < -0.4 is 0 Å². The van der Waals surface area contributed by atoms with Crippen molar-refractivity contribution in [1.82, 2.24) is 14.5 Å². The third-order valence-corrected chi connectivity index (χ3v) is 4.90. The van der Waals surface area contributed by atoms with Crippen LogP contribution in [-0.4, -0.2) is 44.6 Å². The maximum Gasteiger partial charge on any atom is 0.337 e. The van der Waals surface area contributed by atoms with E-state index in [4.69, 9.17) is 4.74 Å². The Hall–Kier alpha value is -2.67. The first-order valence-electron chi connectivity index (χ1n) is 8.42. The molecule has 0 aliphatic carbocycles. The smallest absolute Gasteiger partial charge is 0.337 e. The molecule has 2 aromatic rings. The fourth-order valence-electron chi connectivity index (χ4n) is 3.72. The number of carbonyl (C=O) groups is 2. The van der Waals surface area contributed by atoms with Gasteiger partial charge in [-0.25, -0.2) is 4.79 Å². The van der Waals surface area contributed by atoms with Gasteiger partial charge in [-0.2, -0.15) is 0 Å². The number of pyridine rings is 1. The summed E-state index contributed by atoms with van der Waals surface area (Å²) in [5, 5.41) is 9.43. The number of carboxylic acids is 1. The Morgan fingerprint density at radius 2 is 2.16 bits per heavy atom. The Bertz CT molecular complexity index is 815. The van der Waals surface area contributed by atoms with Crippen molar-refractivity contribution in [2.75, 3.05) is 13.2 Å². The van der Waals surface area contributed by atoms with E-state index >= 15 is 0 Å². The molecule has 130 valence electrons. The van der Waals surface area contributed by atoms with Gasteiger partial charge in [-0.1, -0.05) is 6.07 Å². The van der Waals surface area contributed by atoms with E-state index in [2.05, 4.69) is 4.98 Å². The first-order chi connectivity index (χ1) is 12.2. The monoisotopic (exact) mass is 341 g/mol. The number of amides is 1. The lowest BCUT2D eigenvalue weighted by Gasteiger charge is -2.26. The standard InChI is InChI=1S/C18H19N3O4/c22-17(21-7-3-5-14(21)13-4-1-2-6-19-13)15-10-12(18(23)24)16-11-25-9-8-20(15)16/h1-2,4,6,10,14H,3,5,7-9,11H2,(H,23,24). The normalized spacial score (nSPS) is 19.7. The molecule has 4 rings (SSSR count). The lowest BCUT2D eigenvalue weighted by molar-refractivity contribution is 0.0637. The molecule has 0 spiro atoms. The summed E-state index contributed by atoms with van der Waals surface area (Å²) in [6.45, 7) is 1.84. The third-order valence-electron chi connectivity index (χ3n) is 4.90. The second-order valence-corrected chi connectivity index (χ2v) is 6.31. The van der Waals surface area contributed by atoms with Gasteiger partial charge in [0, 0.05) is 19.3 Å². The van der Waals surface area contributed by atoms with Gasteiger partial charge in [0.15, 0.2) is 0 Å². The molecule has 2 aliphatic rings. The minimum absolute atomic E-state index is 0.0621. The minimum atomic E-state index is -1.03. The predicted octanol–water partition coefficient (Wildman–Crippen LogP) is 2.09. The Kier molecular flexibility index (Phi) is 4.01. The van der Waals surface area contributed by atoms with Gasteiger partial charge in [0.2, 0.25) is 0 Å². The number of aromatic nitrogens is 2. The van der Waals surface area contributed by atoms with Crippen LogP contribution in [0.15, 0.2) is 30.5 Å². The van der Waals surface area contributed by atoms with Crippen LogP contribution >= 0.6 is 0 Å². The first-order valence-corrected chi connectivity index (χ1v) is 8.42. The number of hydrogen-bond donors (Lipinski definition) is 1. The van der Waals surface area contributed by atoms with Crippen LogP contribution in [0.3, 0.4) is 0 Å². The molecule has 0 aromatic carbocycles. The summed E-state index contributed by atoms with van der Waals surface area (Å²) < 4.78 is 7.17. The van der Waals surface area contributed by atoms with E-state index in [0.717, 1.165) is 18.5 Å². The number of rotatable bonds is 3. The quantitative estimate of drug-likeness (QED) is 0.924. The highest BCUT2D eigenvalue weighted by molar-refractivity contribution is 5.98. The van der Waals surface area contributed by atoms with Gasteiger partial charge in [-0.3, -0.25) is 9.78 Å². The molecule has 1 fully saturated rings. The number of aromatic carboxylic acids is 1. The van der Waals surface area contributed by atoms with Crippen LogP contribution in [0, 0.1) is 0 Å². The molecule has 2 aromatic heterocycles. The molecule has 1 saturated heterocycles. The SMILES string of the molecule is O=C(O)c1cc(C(=O)N2CCCC2c2ccccn2)n2c1COCC2. The molecule has 1 unspecified atom stereocenters. The first kappa shape index (κ1) is 15.8. The highest BCUT2D eigenvalue weighted by atomic mass is 16.5. The van der Waals surface area contributed by atoms with Crippen LogP contribution in [0.2, 0.25) is 0 Å². The lowest BCUT2D eigenvalue weighted by Crippen LogP contribution is -2.33. The van der Waals surface area contributed by atoms with Crippen LogP contribution in [0.25, 0.3) is 0 Å². The van der Waals surface area contributed by atoms with Gasteiger partial charge >= 0.3 is 5.97 Å². The Balaban J connectivity index is 1.70. The van der Waals surface area contributed by atoms with E-state index in [9.17, 15) is 14.7 Å². The van der Waals surface area contributed by atoms with Crippen LogP contribution in [0.4, 0.5) is 0 Å². The number of ether oxygens (including phenoxy) is 1. The van der Waals surface area contributed by atoms with Crippen LogP contribution in [-0.2, 0) is 17.9 Å². The number of carboxylic acid groups (broad SMARTS) is 1. The summed E-state index contributed by atoms with van der Waals surface area (Å²) in [6.07, 6.45) is 3.51. The van der Waals surface area contributed by atoms with E-state index in [-0.39, 0.29) is 24.1 Å². The Morgan fingerprint density at radius 3 is 2.92 bits per heavy atom. The summed E-state index contributed by atoms with van der Waals surface area (Å²) in [7, 11) is 0. The van der Waals surface area contributed by atoms with Crippen molar-refractivity contribution in [2.24, 2.45) is 0 Å². The second kappa shape index (κ2) is 6.33. The maximum absolute atomic E-state index is 13.2. The predicted molar refractivity (Wildman–Crippen MR) is 88.3 cm³/mol. The molecule has 0 saturated carbocycles. The molecule has 7 heteroatoms. The summed E-state index contributed by atoms with van der Waals surface area (Å²) in [4.78, 5) is 30.9. The molecular weight excluding hydrogens is 322 g/mol. The topological polar surface area (TPSA) is 84.7 Å². The number of carbonyl (C=O) groups excluding carboxylic acids is 1. The van der Waals surface area contributed by atoms with Crippen molar-refractivity contribution in [1.29, 1.82) is 0 Å². The van der Waals surface area contributed by atoms with E-state index < -0.39 is 5.97 Å². The Morgan fingerprint density at radius 1 is 1.28 bits per heavy atom. The maximum atomic E-state index is 13.2. The fraction of sp³-hybridized carbons (Fsp3) is 0.389. The number of hydrogen-bond acceptors (Lipinski definition) is 4. The highest BCUT2D eigenvalue weighted by Crippen LogP contribution is 2.33. The van der Waals surface area contributed by atoms with Crippen molar-refractivity contribution in [2.45, 2.75) is 32.0 Å². The average Bonchev–Trinajstić information content (AvgIpc) is 3.27.